The van der Waals surface area contributed by atoms with Crippen LogP contribution in [0.1, 0.15) is 71.9 Å². The summed E-state index contributed by atoms with van der Waals surface area (Å²) in [5.74, 6) is 6.67. The van der Waals surface area contributed by atoms with E-state index in [2.05, 4.69) is 27.3 Å². The molecule has 0 saturated heterocycles. The van der Waals surface area contributed by atoms with E-state index in [1.165, 1.54) is 55.3 Å². The standard InChI is InChI=1S/C19H23ClN2O2S.C8H14N4OS/c1-2-3-4-5-6-10-13-25-19(23)24-16-14-17(20)21-22-18(16)15-11-8-7-9-12-15;1-8(2,3)5-6(13)12(9)7(14-4)11-10-5/h7-9,11-12,14H,2-6,10,13H2,1H3;9H2,1-4H3. The van der Waals surface area contributed by atoms with Crippen LogP contribution in [-0.4, -0.2) is 42.4 Å². The summed E-state index contributed by atoms with van der Waals surface area (Å²) >= 11 is 8.39. The molecule has 12 heteroatoms. The molecule has 0 radical (unpaired) electrons. The lowest BCUT2D eigenvalue weighted by molar-refractivity contribution is 0.227. The number of ether oxygens (including phenoxy) is 1. The average molecular weight is 593 g/mol. The van der Waals surface area contributed by atoms with E-state index in [-0.39, 0.29) is 21.4 Å². The Balaban J connectivity index is 0.000000322. The molecule has 0 atom stereocenters. The van der Waals surface area contributed by atoms with E-state index in [0.29, 0.717) is 22.3 Å². The second-order valence-corrected chi connectivity index (χ2v) is 11.9. The van der Waals surface area contributed by atoms with Crippen LogP contribution in [0, 0.1) is 0 Å². The average Bonchev–Trinajstić information content (AvgIpc) is 2.90. The van der Waals surface area contributed by atoms with Gasteiger partial charge in [-0.05, 0) is 24.4 Å². The number of nitrogens with two attached hydrogens (primary N) is 1. The Hall–Kier alpha value is -2.63. The van der Waals surface area contributed by atoms with Crippen molar-refractivity contribution >= 4 is 40.4 Å². The SMILES string of the molecule is CCCCCCCCSC(=O)Oc1cc(Cl)nnc1-c1ccccc1.CSc1nnc(C(C)(C)C)c(=O)n1N. The first-order valence-electron chi connectivity index (χ1n) is 12.8. The van der Waals surface area contributed by atoms with Crippen LogP contribution in [0.4, 0.5) is 4.79 Å². The van der Waals surface area contributed by atoms with Crippen LogP contribution in [-0.2, 0) is 5.41 Å². The number of aromatic nitrogens is 5. The lowest BCUT2D eigenvalue weighted by atomic mass is 9.93. The quantitative estimate of drug-likeness (QED) is 0.117. The summed E-state index contributed by atoms with van der Waals surface area (Å²) in [6.45, 7) is 7.90. The molecule has 0 aliphatic carbocycles. The van der Waals surface area contributed by atoms with Crippen molar-refractivity contribution < 1.29 is 9.53 Å². The Labute approximate surface area is 243 Å². The van der Waals surface area contributed by atoms with Gasteiger partial charge < -0.3 is 10.6 Å². The molecule has 9 nitrogen and oxygen atoms in total. The highest BCUT2D eigenvalue weighted by Gasteiger charge is 2.22. The minimum atomic E-state index is -0.338. The number of halogens is 1. The van der Waals surface area contributed by atoms with Crippen molar-refractivity contribution in [1.29, 1.82) is 0 Å². The third-order valence-electron chi connectivity index (χ3n) is 5.44. The van der Waals surface area contributed by atoms with Crippen molar-refractivity contribution in [3.63, 3.8) is 0 Å². The van der Waals surface area contributed by atoms with Gasteiger partial charge in [0.25, 0.3) is 5.56 Å². The van der Waals surface area contributed by atoms with E-state index in [4.69, 9.17) is 22.2 Å². The van der Waals surface area contributed by atoms with Gasteiger partial charge in [0.2, 0.25) is 5.16 Å². The molecule has 0 amide bonds. The van der Waals surface area contributed by atoms with Crippen molar-refractivity contribution in [2.45, 2.75) is 76.8 Å². The monoisotopic (exact) mass is 592 g/mol. The minimum Gasteiger partial charge on any atom is -0.416 e. The first-order valence-corrected chi connectivity index (χ1v) is 15.4. The van der Waals surface area contributed by atoms with E-state index in [9.17, 15) is 9.59 Å². The summed E-state index contributed by atoms with van der Waals surface area (Å²) in [5, 5.41) is 16.0. The molecule has 2 heterocycles. The Morgan fingerprint density at radius 2 is 1.69 bits per heavy atom. The molecule has 3 aromatic rings. The van der Waals surface area contributed by atoms with Crippen molar-refractivity contribution in [2.24, 2.45) is 0 Å². The van der Waals surface area contributed by atoms with Crippen LogP contribution in [0.2, 0.25) is 5.15 Å². The number of unbranched alkanes of at least 4 members (excludes halogenated alkanes) is 5. The van der Waals surface area contributed by atoms with E-state index in [0.717, 1.165) is 28.8 Å². The molecule has 0 aliphatic heterocycles. The van der Waals surface area contributed by atoms with Crippen LogP contribution in [0.15, 0.2) is 46.3 Å². The van der Waals surface area contributed by atoms with Gasteiger partial charge in [0.05, 0.1) is 0 Å². The zero-order valence-electron chi connectivity index (χ0n) is 23.1. The van der Waals surface area contributed by atoms with E-state index in [1.807, 2.05) is 51.1 Å². The van der Waals surface area contributed by atoms with Crippen LogP contribution in [0.3, 0.4) is 0 Å². The molecule has 0 bridgehead atoms. The highest BCUT2D eigenvalue weighted by atomic mass is 35.5. The van der Waals surface area contributed by atoms with Crippen molar-refractivity contribution in [3.05, 3.63) is 57.6 Å². The fraction of sp³-hybridized carbons (Fsp3) is 0.481. The van der Waals surface area contributed by atoms with Gasteiger partial charge in [0, 0.05) is 22.8 Å². The van der Waals surface area contributed by atoms with Crippen molar-refractivity contribution in [2.75, 3.05) is 17.9 Å². The zero-order chi connectivity index (χ0) is 28.8. The molecular formula is C27H37ClN6O3S2. The van der Waals surface area contributed by atoms with Crippen molar-refractivity contribution in [3.8, 4) is 17.0 Å². The Bertz CT molecular complexity index is 1250. The molecule has 212 valence electrons. The van der Waals surface area contributed by atoms with Crippen LogP contribution in [0.5, 0.6) is 5.75 Å². The van der Waals surface area contributed by atoms with Gasteiger partial charge in [-0.15, -0.1) is 20.4 Å². The summed E-state index contributed by atoms with van der Waals surface area (Å²) in [7, 11) is 0. The van der Waals surface area contributed by atoms with Crippen LogP contribution in [0.25, 0.3) is 11.3 Å². The van der Waals surface area contributed by atoms with Gasteiger partial charge in [0.1, 0.15) is 11.4 Å². The maximum atomic E-state index is 12.1. The topological polar surface area (TPSA) is 126 Å². The van der Waals surface area contributed by atoms with E-state index < -0.39 is 0 Å². The lowest BCUT2D eigenvalue weighted by Gasteiger charge is -2.16. The predicted octanol–water partition coefficient (Wildman–Crippen LogP) is 6.76. The Morgan fingerprint density at radius 3 is 2.33 bits per heavy atom. The summed E-state index contributed by atoms with van der Waals surface area (Å²) in [5.41, 5.74) is 1.12. The molecule has 0 fully saturated rings. The Morgan fingerprint density at radius 1 is 1.03 bits per heavy atom. The number of carbonyl (C=O) groups excluding carboxylic acids is 1. The fourth-order valence-electron chi connectivity index (χ4n) is 3.38. The number of hydrogen-bond donors (Lipinski definition) is 1. The number of nitrogen functional groups attached to an aromatic ring is 1. The number of rotatable bonds is 10. The van der Waals surface area contributed by atoms with E-state index in [1.54, 1.807) is 6.26 Å². The molecule has 0 spiro atoms. The Kier molecular flexibility index (Phi) is 13.8. The van der Waals surface area contributed by atoms with Gasteiger partial charge in [-0.25, -0.2) is 4.79 Å². The van der Waals surface area contributed by atoms with Gasteiger partial charge >= 0.3 is 5.30 Å². The second kappa shape index (κ2) is 16.5. The smallest absolute Gasteiger partial charge is 0.372 e. The van der Waals surface area contributed by atoms with Crippen LogP contribution >= 0.6 is 35.1 Å². The van der Waals surface area contributed by atoms with E-state index >= 15 is 0 Å². The summed E-state index contributed by atoms with van der Waals surface area (Å²) in [6.07, 6.45) is 8.99. The molecule has 3 rings (SSSR count). The first kappa shape index (κ1) is 32.6. The maximum Gasteiger partial charge on any atom is 0.372 e. The fourth-order valence-corrected chi connectivity index (χ4v) is 4.58. The third-order valence-corrected chi connectivity index (χ3v) is 7.08. The minimum absolute atomic E-state index is 0.198. The molecular weight excluding hydrogens is 556 g/mol. The van der Waals surface area contributed by atoms with Gasteiger partial charge in [0.15, 0.2) is 10.9 Å². The van der Waals surface area contributed by atoms with Gasteiger partial charge in [-0.3, -0.25) is 4.79 Å². The molecule has 0 aliphatic rings. The number of thioether (sulfide) groups is 2. The highest BCUT2D eigenvalue weighted by molar-refractivity contribution is 8.13. The summed E-state index contributed by atoms with van der Waals surface area (Å²) in [6, 6.07) is 11.0. The zero-order valence-corrected chi connectivity index (χ0v) is 25.5. The largest absolute Gasteiger partial charge is 0.416 e. The van der Waals surface area contributed by atoms with Crippen molar-refractivity contribution in [1.82, 2.24) is 25.1 Å². The molecule has 1 aromatic carbocycles. The number of carbonyl (C=O) groups is 1. The molecule has 39 heavy (non-hydrogen) atoms. The molecule has 2 aromatic heterocycles. The number of hydrogen-bond acceptors (Lipinski definition) is 10. The normalized spacial score (nSPS) is 11.0. The third kappa shape index (κ3) is 10.8. The van der Waals surface area contributed by atoms with Gasteiger partial charge in [-0.1, -0.05) is 113 Å². The highest BCUT2D eigenvalue weighted by Crippen LogP contribution is 2.30. The van der Waals surface area contributed by atoms with Crippen LogP contribution < -0.4 is 16.1 Å². The number of benzene rings is 1. The molecule has 0 unspecified atom stereocenters. The second-order valence-electron chi connectivity index (χ2n) is 9.67. The van der Waals surface area contributed by atoms with Gasteiger partial charge in [-0.2, -0.15) is 4.68 Å². The predicted molar refractivity (Wildman–Crippen MR) is 161 cm³/mol. The molecule has 0 saturated carbocycles. The summed E-state index contributed by atoms with van der Waals surface area (Å²) < 4.78 is 6.50. The summed E-state index contributed by atoms with van der Waals surface area (Å²) in [4.78, 5) is 23.8. The number of nitrogens with zero attached hydrogens (tertiary/aromatic N) is 5. The molecule has 2 N–H and O–H groups in total. The lowest BCUT2D eigenvalue weighted by Crippen LogP contribution is -2.37. The maximum absolute atomic E-state index is 12.1. The first-order chi connectivity index (χ1) is 18.6.